The van der Waals surface area contributed by atoms with Gasteiger partial charge in [-0.25, -0.2) is 0 Å². The zero-order chi connectivity index (χ0) is 11.3. The summed E-state index contributed by atoms with van der Waals surface area (Å²) in [5, 5.41) is 7.06. The summed E-state index contributed by atoms with van der Waals surface area (Å²) in [5.74, 6) is 0.0979. The van der Waals surface area contributed by atoms with Crippen molar-refractivity contribution in [1.82, 2.24) is 20.0 Å². The van der Waals surface area contributed by atoms with Gasteiger partial charge in [0.25, 0.3) is 0 Å². The van der Waals surface area contributed by atoms with E-state index in [0.29, 0.717) is 13.1 Å². The molecule has 1 amide bonds. The van der Waals surface area contributed by atoms with Gasteiger partial charge in [0, 0.05) is 32.4 Å². The van der Waals surface area contributed by atoms with Crippen LogP contribution in [0.15, 0.2) is 12.4 Å². The lowest BCUT2D eigenvalue weighted by Crippen LogP contribution is -2.34. The summed E-state index contributed by atoms with van der Waals surface area (Å²) < 4.78 is 1.73. The third-order valence-electron chi connectivity index (χ3n) is 2.13. The molecule has 0 radical (unpaired) electrons. The van der Waals surface area contributed by atoms with Crippen molar-refractivity contribution < 1.29 is 4.79 Å². The van der Waals surface area contributed by atoms with Gasteiger partial charge in [-0.2, -0.15) is 5.10 Å². The number of amides is 1. The second-order valence-corrected chi connectivity index (χ2v) is 3.55. The number of likely N-dealkylation sites (N-methyl/N-ethyl adjacent to an activating group) is 2. The Balaban J connectivity index is 2.41. The van der Waals surface area contributed by atoms with E-state index >= 15 is 0 Å². The zero-order valence-electron chi connectivity index (χ0n) is 9.53. The van der Waals surface area contributed by atoms with Crippen LogP contribution in [0.4, 0.5) is 0 Å². The highest BCUT2D eigenvalue weighted by molar-refractivity contribution is 5.77. The van der Waals surface area contributed by atoms with Crippen LogP contribution in [0.25, 0.3) is 0 Å². The van der Waals surface area contributed by atoms with Crippen molar-refractivity contribution >= 4 is 5.91 Å². The summed E-state index contributed by atoms with van der Waals surface area (Å²) in [4.78, 5) is 13.2. The molecule has 1 N–H and O–H groups in total. The highest BCUT2D eigenvalue weighted by atomic mass is 16.2. The molecule has 1 heterocycles. The largest absolute Gasteiger partial charge is 0.340 e. The van der Waals surface area contributed by atoms with Crippen molar-refractivity contribution in [3.8, 4) is 0 Å². The molecule has 0 spiro atoms. The first-order chi connectivity index (χ1) is 7.13. The van der Waals surface area contributed by atoms with Gasteiger partial charge in [-0.3, -0.25) is 9.48 Å². The van der Waals surface area contributed by atoms with Gasteiger partial charge in [-0.05, 0) is 6.54 Å². The summed E-state index contributed by atoms with van der Waals surface area (Å²) in [7, 11) is 3.66. The summed E-state index contributed by atoms with van der Waals surface area (Å²) in [6.07, 6.45) is 3.69. The van der Waals surface area contributed by atoms with Gasteiger partial charge in [0.15, 0.2) is 0 Å². The van der Waals surface area contributed by atoms with Crippen molar-refractivity contribution in [2.45, 2.75) is 13.5 Å². The predicted molar refractivity (Wildman–Crippen MR) is 58.2 cm³/mol. The molecule has 0 aromatic carbocycles. The summed E-state index contributed by atoms with van der Waals surface area (Å²) in [5.41, 5.74) is 1.05. The Morgan fingerprint density at radius 2 is 2.40 bits per heavy atom. The minimum absolute atomic E-state index is 0.0979. The molecule has 0 fully saturated rings. The lowest BCUT2D eigenvalue weighted by atomic mass is 10.3. The quantitative estimate of drug-likeness (QED) is 0.743. The Kier molecular flexibility index (Phi) is 4.30. The first kappa shape index (κ1) is 11.7. The molecule has 0 unspecified atom stereocenters. The van der Waals surface area contributed by atoms with Crippen LogP contribution in [-0.2, 0) is 18.4 Å². The molecule has 1 aromatic rings. The monoisotopic (exact) mass is 210 g/mol. The lowest BCUT2D eigenvalue weighted by molar-refractivity contribution is -0.129. The number of nitrogens with one attached hydrogen (secondary N) is 1. The number of carbonyl (C=O) groups is 1. The molecule has 0 aliphatic carbocycles. The minimum atomic E-state index is 0.0979. The highest BCUT2D eigenvalue weighted by Crippen LogP contribution is 2.00. The Morgan fingerprint density at radius 1 is 1.67 bits per heavy atom. The SMILES string of the molecule is CCNCC(=O)N(C)Cc1cnn(C)c1. The van der Waals surface area contributed by atoms with E-state index in [1.807, 2.05) is 20.2 Å². The average Bonchev–Trinajstić information content (AvgIpc) is 2.60. The Hall–Kier alpha value is -1.36. The summed E-state index contributed by atoms with van der Waals surface area (Å²) >= 11 is 0. The van der Waals surface area contributed by atoms with Gasteiger partial charge in [-0.15, -0.1) is 0 Å². The van der Waals surface area contributed by atoms with Crippen LogP contribution < -0.4 is 5.32 Å². The predicted octanol–water partition coefficient (Wildman–Crippen LogP) is -0.0120. The first-order valence-corrected chi connectivity index (χ1v) is 5.05. The highest BCUT2D eigenvalue weighted by Gasteiger charge is 2.08. The third kappa shape index (κ3) is 3.71. The zero-order valence-corrected chi connectivity index (χ0v) is 9.53. The van der Waals surface area contributed by atoms with Crippen molar-refractivity contribution in [3.05, 3.63) is 18.0 Å². The average molecular weight is 210 g/mol. The molecule has 5 heteroatoms. The van der Waals surface area contributed by atoms with Crippen molar-refractivity contribution in [1.29, 1.82) is 0 Å². The second-order valence-electron chi connectivity index (χ2n) is 3.55. The Morgan fingerprint density at radius 3 is 2.93 bits per heavy atom. The normalized spacial score (nSPS) is 10.3. The maximum atomic E-state index is 11.5. The number of hydrogen-bond acceptors (Lipinski definition) is 3. The van der Waals surface area contributed by atoms with Crippen molar-refractivity contribution in [3.63, 3.8) is 0 Å². The first-order valence-electron chi connectivity index (χ1n) is 5.05. The number of rotatable bonds is 5. The number of nitrogens with zero attached hydrogens (tertiary/aromatic N) is 3. The van der Waals surface area contributed by atoms with E-state index in [9.17, 15) is 4.79 Å². The second kappa shape index (κ2) is 5.50. The van der Waals surface area contributed by atoms with Crippen LogP contribution >= 0.6 is 0 Å². The molecular formula is C10H18N4O. The van der Waals surface area contributed by atoms with Crippen LogP contribution in [-0.4, -0.2) is 40.7 Å². The fourth-order valence-electron chi connectivity index (χ4n) is 1.28. The summed E-state index contributed by atoms with van der Waals surface area (Å²) in [6.45, 7) is 3.80. The van der Waals surface area contributed by atoms with Crippen LogP contribution in [0, 0.1) is 0 Å². The molecule has 0 atom stereocenters. The number of carbonyl (C=O) groups excluding carboxylic acids is 1. The fraction of sp³-hybridized carbons (Fsp3) is 0.600. The van der Waals surface area contributed by atoms with E-state index in [2.05, 4.69) is 10.4 Å². The van der Waals surface area contributed by atoms with Crippen molar-refractivity contribution in [2.75, 3.05) is 20.1 Å². The van der Waals surface area contributed by atoms with Gasteiger partial charge in [0.05, 0.1) is 12.7 Å². The van der Waals surface area contributed by atoms with Crippen LogP contribution in [0.5, 0.6) is 0 Å². The molecule has 84 valence electrons. The molecule has 5 nitrogen and oxygen atoms in total. The van der Waals surface area contributed by atoms with Gasteiger partial charge in [0.1, 0.15) is 0 Å². The van der Waals surface area contributed by atoms with E-state index in [1.54, 1.807) is 22.8 Å². The van der Waals surface area contributed by atoms with Crippen LogP contribution in [0.1, 0.15) is 12.5 Å². The van der Waals surface area contributed by atoms with Gasteiger partial charge >= 0.3 is 0 Å². The molecule has 0 aliphatic rings. The molecule has 1 aromatic heterocycles. The van der Waals surface area contributed by atoms with E-state index in [1.165, 1.54) is 0 Å². The molecule has 0 saturated carbocycles. The number of aromatic nitrogens is 2. The minimum Gasteiger partial charge on any atom is -0.340 e. The maximum Gasteiger partial charge on any atom is 0.236 e. The third-order valence-corrected chi connectivity index (χ3v) is 2.13. The van der Waals surface area contributed by atoms with Gasteiger partial charge in [0.2, 0.25) is 5.91 Å². The standard InChI is InChI=1S/C10H18N4O/c1-4-11-6-10(15)13(2)7-9-5-12-14(3)8-9/h5,8,11H,4,6-7H2,1-3H3. The molecule has 0 aliphatic heterocycles. The van der Waals surface area contributed by atoms with E-state index in [-0.39, 0.29) is 5.91 Å². The topological polar surface area (TPSA) is 50.2 Å². The molecule has 1 rings (SSSR count). The van der Waals surface area contributed by atoms with Crippen LogP contribution in [0.3, 0.4) is 0 Å². The Labute approximate surface area is 90.1 Å². The fourth-order valence-corrected chi connectivity index (χ4v) is 1.28. The maximum absolute atomic E-state index is 11.5. The molecule has 0 bridgehead atoms. The molecule has 0 saturated heterocycles. The van der Waals surface area contributed by atoms with Gasteiger partial charge in [-0.1, -0.05) is 6.92 Å². The Bertz CT molecular complexity index is 321. The molecule has 15 heavy (non-hydrogen) atoms. The smallest absolute Gasteiger partial charge is 0.236 e. The van der Waals surface area contributed by atoms with E-state index in [0.717, 1.165) is 12.1 Å². The van der Waals surface area contributed by atoms with Gasteiger partial charge < -0.3 is 10.2 Å². The van der Waals surface area contributed by atoms with Crippen molar-refractivity contribution in [2.24, 2.45) is 7.05 Å². The molecular weight excluding hydrogens is 192 g/mol. The lowest BCUT2D eigenvalue weighted by Gasteiger charge is -2.16. The van der Waals surface area contributed by atoms with E-state index < -0.39 is 0 Å². The number of aryl methyl sites for hydroxylation is 1. The summed E-state index contributed by atoms with van der Waals surface area (Å²) in [6, 6.07) is 0. The van der Waals surface area contributed by atoms with E-state index in [4.69, 9.17) is 0 Å². The van der Waals surface area contributed by atoms with Crippen LogP contribution in [0.2, 0.25) is 0 Å². The number of hydrogen-bond donors (Lipinski definition) is 1.